The average molecular weight is 164 g/mol. The highest BCUT2D eigenvalue weighted by molar-refractivity contribution is 7.09. The first-order valence-electron chi connectivity index (χ1n) is 3.56. The van der Waals surface area contributed by atoms with E-state index in [2.05, 4.69) is 22.4 Å². The second-order valence-corrected chi connectivity index (χ2v) is 3.69. The minimum absolute atomic E-state index is 0.192. The topological polar surface area (TPSA) is 26.8 Å². The van der Waals surface area contributed by atoms with E-state index in [-0.39, 0.29) is 6.04 Å². The Morgan fingerprint density at radius 2 is 2.73 bits per heavy atom. The molecular weight excluding hydrogens is 156 g/mol. The molecule has 2 unspecified atom stereocenters. The summed E-state index contributed by atoms with van der Waals surface area (Å²) >= 11 is 1.75. The van der Waals surface area contributed by atoms with E-state index in [1.54, 1.807) is 11.3 Å². The number of hydrogen-bond acceptors (Lipinski definition) is 3. The lowest BCUT2D eigenvalue weighted by atomic mass is 10.4. The molecule has 2 heterocycles. The fraction of sp³-hybridized carbons (Fsp3) is 0.375. The van der Waals surface area contributed by atoms with Gasteiger partial charge in [0.1, 0.15) is 6.04 Å². The van der Waals surface area contributed by atoms with Gasteiger partial charge in [0, 0.05) is 18.0 Å². The lowest BCUT2D eigenvalue weighted by Gasteiger charge is -1.94. The Bertz CT molecular complexity index is 273. The molecule has 1 aromatic rings. The summed E-state index contributed by atoms with van der Waals surface area (Å²) in [5, 5.41) is 10.6. The summed E-state index contributed by atoms with van der Waals surface area (Å²) in [7, 11) is 0. The minimum Gasteiger partial charge on any atom is -0.279 e. The predicted molar refractivity (Wildman–Crippen MR) is 44.1 cm³/mol. The Morgan fingerprint density at radius 1 is 1.82 bits per heavy atom. The Morgan fingerprint density at radius 3 is 3.27 bits per heavy atom. The fourth-order valence-electron chi connectivity index (χ4n) is 1.07. The molecule has 0 N–H and O–H groups in total. The van der Waals surface area contributed by atoms with Gasteiger partial charge in [-0.05, 0) is 11.4 Å². The number of hydrogen-bond donors (Lipinski definition) is 0. The largest absolute Gasteiger partial charge is 0.279 e. The van der Waals surface area contributed by atoms with E-state index in [1.807, 2.05) is 6.07 Å². The van der Waals surface area contributed by atoms with Gasteiger partial charge < -0.3 is 0 Å². The van der Waals surface area contributed by atoms with Crippen molar-refractivity contribution in [3.63, 3.8) is 0 Å². The van der Waals surface area contributed by atoms with Crippen LogP contribution in [0, 0.1) is 11.3 Å². The highest BCUT2D eigenvalue weighted by atomic mass is 32.1. The monoisotopic (exact) mass is 164 g/mol. The van der Waals surface area contributed by atoms with Crippen molar-refractivity contribution in [3.8, 4) is 6.07 Å². The van der Waals surface area contributed by atoms with Gasteiger partial charge in [0.25, 0.3) is 0 Å². The molecule has 11 heavy (non-hydrogen) atoms. The van der Waals surface area contributed by atoms with Crippen molar-refractivity contribution in [1.82, 2.24) is 4.90 Å². The zero-order valence-electron chi connectivity index (χ0n) is 6.03. The van der Waals surface area contributed by atoms with E-state index >= 15 is 0 Å². The molecule has 2 atom stereocenters. The van der Waals surface area contributed by atoms with Crippen LogP contribution in [-0.4, -0.2) is 17.5 Å². The molecule has 0 aliphatic carbocycles. The van der Waals surface area contributed by atoms with E-state index in [0.29, 0.717) is 0 Å². The third-order valence-electron chi connectivity index (χ3n) is 1.80. The summed E-state index contributed by atoms with van der Waals surface area (Å²) < 4.78 is 0. The Hall–Kier alpha value is -0.850. The van der Waals surface area contributed by atoms with Crippen LogP contribution in [0.2, 0.25) is 0 Å². The van der Waals surface area contributed by atoms with Crippen LogP contribution in [0.1, 0.15) is 4.88 Å². The van der Waals surface area contributed by atoms with E-state index < -0.39 is 0 Å². The summed E-state index contributed by atoms with van der Waals surface area (Å²) in [6.45, 7) is 1.91. The first kappa shape index (κ1) is 6.84. The third kappa shape index (κ3) is 1.42. The second-order valence-electron chi connectivity index (χ2n) is 2.65. The molecule has 0 radical (unpaired) electrons. The predicted octanol–water partition coefficient (Wildman–Crippen LogP) is 1.46. The summed E-state index contributed by atoms with van der Waals surface area (Å²) in [6, 6.07) is 6.58. The molecule has 1 aliphatic rings. The molecule has 0 aromatic carbocycles. The van der Waals surface area contributed by atoms with Gasteiger partial charge in [0.05, 0.1) is 6.07 Å². The quantitative estimate of drug-likeness (QED) is 0.619. The van der Waals surface area contributed by atoms with E-state index in [0.717, 1.165) is 13.1 Å². The van der Waals surface area contributed by atoms with Crippen LogP contribution in [0.4, 0.5) is 0 Å². The second kappa shape index (κ2) is 2.65. The highest BCUT2D eigenvalue weighted by Gasteiger charge is 2.33. The molecular formula is C8H8N2S. The zero-order valence-corrected chi connectivity index (χ0v) is 6.84. The lowest BCUT2D eigenvalue weighted by Crippen LogP contribution is -1.97. The SMILES string of the molecule is N#CC1CN1Cc1cccs1. The molecule has 3 heteroatoms. The smallest absolute Gasteiger partial charge is 0.111 e. The van der Waals surface area contributed by atoms with E-state index in [4.69, 9.17) is 5.26 Å². The Kier molecular flexibility index (Phi) is 1.65. The van der Waals surface area contributed by atoms with Crippen LogP contribution in [0.3, 0.4) is 0 Å². The van der Waals surface area contributed by atoms with Gasteiger partial charge >= 0.3 is 0 Å². The van der Waals surface area contributed by atoms with Gasteiger partial charge in [-0.1, -0.05) is 6.07 Å². The van der Waals surface area contributed by atoms with Gasteiger partial charge in [-0.25, -0.2) is 0 Å². The molecule has 0 saturated carbocycles. The third-order valence-corrected chi connectivity index (χ3v) is 2.66. The van der Waals surface area contributed by atoms with Gasteiger partial charge in [-0.3, -0.25) is 4.90 Å². The molecule has 2 rings (SSSR count). The van der Waals surface area contributed by atoms with Gasteiger partial charge in [-0.15, -0.1) is 11.3 Å². The maximum absolute atomic E-state index is 8.52. The molecule has 56 valence electrons. The summed E-state index contributed by atoms with van der Waals surface area (Å²) in [6.07, 6.45) is 0. The maximum atomic E-state index is 8.52. The molecule has 1 aliphatic heterocycles. The Labute approximate surface area is 69.7 Å². The normalized spacial score (nSPS) is 27.9. The van der Waals surface area contributed by atoms with Gasteiger partial charge in [-0.2, -0.15) is 5.26 Å². The van der Waals surface area contributed by atoms with Crippen molar-refractivity contribution in [1.29, 1.82) is 5.26 Å². The zero-order chi connectivity index (χ0) is 7.68. The molecule has 0 amide bonds. The molecule has 0 bridgehead atoms. The molecule has 1 fully saturated rings. The average Bonchev–Trinajstić information content (AvgIpc) is 2.54. The van der Waals surface area contributed by atoms with Crippen molar-refractivity contribution in [2.75, 3.05) is 6.54 Å². The van der Waals surface area contributed by atoms with E-state index in [1.165, 1.54) is 4.88 Å². The summed E-state index contributed by atoms with van der Waals surface area (Å²) in [4.78, 5) is 3.51. The van der Waals surface area contributed by atoms with Gasteiger partial charge in [0.15, 0.2) is 0 Å². The molecule has 2 nitrogen and oxygen atoms in total. The van der Waals surface area contributed by atoms with Crippen molar-refractivity contribution in [2.24, 2.45) is 0 Å². The standard InChI is InChI=1S/C8H8N2S/c9-4-7-5-10(7)6-8-2-1-3-11-8/h1-3,7H,5-6H2. The summed E-state index contributed by atoms with van der Waals surface area (Å²) in [5.41, 5.74) is 0. The van der Waals surface area contributed by atoms with Crippen LogP contribution in [0.25, 0.3) is 0 Å². The van der Waals surface area contributed by atoms with Crippen LogP contribution in [0.15, 0.2) is 17.5 Å². The minimum atomic E-state index is 0.192. The number of nitriles is 1. The number of rotatable bonds is 2. The van der Waals surface area contributed by atoms with Crippen molar-refractivity contribution in [3.05, 3.63) is 22.4 Å². The fourth-order valence-corrected chi connectivity index (χ4v) is 1.80. The first-order valence-corrected chi connectivity index (χ1v) is 4.44. The van der Waals surface area contributed by atoms with Crippen LogP contribution in [0.5, 0.6) is 0 Å². The van der Waals surface area contributed by atoms with Crippen LogP contribution < -0.4 is 0 Å². The lowest BCUT2D eigenvalue weighted by molar-refractivity contribution is 0.538. The maximum Gasteiger partial charge on any atom is 0.111 e. The molecule has 0 spiro atoms. The van der Waals surface area contributed by atoms with Crippen molar-refractivity contribution >= 4 is 11.3 Å². The van der Waals surface area contributed by atoms with E-state index in [9.17, 15) is 0 Å². The van der Waals surface area contributed by atoms with Crippen molar-refractivity contribution in [2.45, 2.75) is 12.6 Å². The molecule has 1 aromatic heterocycles. The number of nitrogens with zero attached hydrogens (tertiary/aromatic N) is 2. The Balaban J connectivity index is 1.91. The highest BCUT2D eigenvalue weighted by Crippen LogP contribution is 2.22. The van der Waals surface area contributed by atoms with Crippen molar-refractivity contribution < 1.29 is 0 Å². The van der Waals surface area contributed by atoms with Gasteiger partial charge in [0.2, 0.25) is 0 Å². The summed E-state index contributed by atoms with van der Waals surface area (Å²) in [5.74, 6) is 0. The first-order chi connectivity index (χ1) is 5.40. The number of thiophene rings is 1. The van der Waals surface area contributed by atoms with Crippen LogP contribution in [-0.2, 0) is 6.54 Å². The molecule has 1 saturated heterocycles. The van der Waals surface area contributed by atoms with Crippen LogP contribution >= 0.6 is 11.3 Å².